The highest BCUT2D eigenvalue weighted by atomic mass is 79.9. The normalized spacial score (nSPS) is 11.1. The van der Waals surface area contributed by atoms with Crippen LogP contribution in [0.4, 0.5) is 11.4 Å². The third kappa shape index (κ3) is 3.17. The Balaban J connectivity index is 3.18. The highest BCUT2D eigenvalue weighted by Gasteiger charge is 2.24. The van der Waals surface area contributed by atoms with Crippen LogP contribution in [0.3, 0.4) is 0 Å². The Kier molecular flexibility index (Phi) is 4.47. The van der Waals surface area contributed by atoms with Crippen molar-refractivity contribution in [3.8, 4) is 0 Å². The van der Waals surface area contributed by atoms with E-state index in [4.69, 9.17) is 0 Å². The fourth-order valence-electron chi connectivity index (χ4n) is 1.30. The van der Waals surface area contributed by atoms with E-state index < -0.39 is 5.54 Å². The van der Waals surface area contributed by atoms with E-state index in [0.29, 0.717) is 16.7 Å². The molecule has 0 fully saturated rings. The van der Waals surface area contributed by atoms with Gasteiger partial charge in [-0.25, -0.2) is 4.98 Å². The van der Waals surface area contributed by atoms with Gasteiger partial charge in [-0.3, -0.25) is 4.79 Å². The number of hydrogen-bond donors (Lipinski definition) is 2. The highest BCUT2D eigenvalue weighted by Crippen LogP contribution is 2.31. The van der Waals surface area contributed by atoms with Gasteiger partial charge < -0.3 is 15.3 Å². The van der Waals surface area contributed by atoms with Crippen molar-refractivity contribution in [3.63, 3.8) is 0 Å². The average molecular weight is 302 g/mol. The van der Waals surface area contributed by atoms with Gasteiger partial charge in [0.1, 0.15) is 4.60 Å². The Bertz CT molecular complexity index is 410. The van der Waals surface area contributed by atoms with Crippen LogP contribution in [0.5, 0.6) is 0 Å². The summed E-state index contributed by atoms with van der Waals surface area (Å²) in [5.74, 6) is 0. The number of anilines is 2. The lowest BCUT2D eigenvalue weighted by Gasteiger charge is -2.36. The lowest BCUT2D eigenvalue weighted by molar-refractivity contribution is -0.105. The molecule has 1 aromatic heterocycles. The van der Waals surface area contributed by atoms with Crippen LogP contribution in [0, 0.1) is 0 Å². The van der Waals surface area contributed by atoms with Crippen LogP contribution in [0.25, 0.3) is 0 Å². The number of pyridine rings is 1. The summed E-state index contributed by atoms with van der Waals surface area (Å²) in [6, 6.07) is 1.79. The molecule has 0 atom stereocenters. The Hall–Kier alpha value is -1.14. The molecule has 0 aliphatic heterocycles. The maximum Gasteiger partial charge on any atom is 0.211 e. The summed E-state index contributed by atoms with van der Waals surface area (Å²) < 4.78 is 0.671. The second-order valence-corrected chi connectivity index (χ2v) is 5.13. The molecule has 6 heteroatoms. The van der Waals surface area contributed by atoms with Gasteiger partial charge in [-0.1, -0.05) is 0 Å². The van der Waals surface area contributed by atoms with Gasteiger partial charge >= 0.3 is 0 Å². The minimum absolute atomic E-state index is 0.00394. The number of likely N-dealkylation sites (N-methyl/N-ethyl adjacent to an activating group) is 1. The van der Waals surface area contributed by atoms with Crippen molar-refractivity contribution in [3.05, 3.63) is 16.9 Å². The van der Waals surface area contributed by atoms with Gasteiger partial charge in [0.2, 0.25) is 6.41 Å². The van der Waals surface area contributed by atoms with Gasteiger partial charge in [0.05, 0.1) is 29.7 Å². The first-order valence-electron chi connectivity index (χ1n) is 5.13. The number of aliphatic hydroxyl groups is 1. The van der Waals surface area contributed by atoms with Crippen LogP contribution in [0.2, 0.25) is 0 Å². The van der Waals surface area contributed by atoms with Crippen molar-refractivity contribution < 1.29 is 9.90 Å². The lowest BCUT2D eigenvalue weighted by atomic mass is 10.0. The standard InChI is InChI=1S/C11H16BrN3O2/c1-11(2,6-16)15(3)9-4-10(12)13-5-8(9)14-7-17/h4-5,7,16H,6H2,1-3H3,(H,14,17). The number of aromatic nitrogens is 1. The Morgan fingerprint density at radius 3 is 2.82 bits per heavy atom. The number of halogens is 1. The molecule has 1 aromatic rings. The van der Waals surface area contributed by atoms with Crippen molar-refractivity contribution in [1.82, 2.24) is 4.98 Å². The largest absolute Gasteiger partial charge is 0.394 e. The molecule has 0 radical (unpaired) electrons. The van der Waals surface area contributed by atoms with Crippen molar-refractivity contribution in [2.45, 2.75) is 19.4 Å². The first-order chi connectivity index (χ1) is 7.92. The van der Waals surface area contributed by atoms with Crippen LogP contribution in [-0.2, 0) is 4.79 Å². The predicted octanol–water partition coefficient (Wildman–Crippen LogP) is 1.62. The van der Waals surface area contributed by atoms with Crippen molar-refractivity contribution in [2.75, 3.05) is 23.9 Å². The molecule has 0 bridgehead atoms. The van der Waals surface area contributed by atoms with Crippen molar-refractivity contribution in [1.29, 1.82) is 0 Å². The number of nitrogens with one attached hydrogen (secondary N) is 1. The second kappa shape index (κ2) is 5.46. The molecule has 0 saturated carbocycles. The number of amides is 1. The summed E-state index contributed by atoms with van der Waals surface area (Å²) in [4.78, 5) is 16.5. The zero-order chi connectivity index (χ0) is 13.1. The Morgan fingerprint density at radius 1 is 1.65 bits per heavy atom. The zero-order valence-electron chi connectivity index (χ0n) is 10.1. The highest BCUT2D eigenvalue weighted by molar-refractivity contribution is 9.10. The number of hydrogen-bond acceptors (Lipinski definition) is 4. The fourth-order valence-corrected chi connectivity index (χ4v) is 1.62. The van der Waals surface area contributed by atoms with E-state index in [2.05, 4.69) is 26.2 Å². The van der Waals surface area contributed by atoms with Gasteiger partial charge in [0.25, 0.3) is 0 Å². The van der Waals surface area contributed by atoms with Gasteiger partial charge in [0.15, 0.2) is 0 Å². The molecule has 1 amide bonds. The van der Waals surface area contributed by atoms with Crippen LogP contribution in [-0.4, -0.2) is 35.7 Å². The summed E-state index contributed by atoms with van der Waals surface area (Å²) in [5, 5.41) is 12.0. The molecule has 0 aromatic carbocycles. The summed E-state index contributed by atoms with van der Waals surface area (Å²) in [7, 11) is 1.86. The number of nitrogens with zero attached hydrogens (tertiary/aromatic N) is 2. The molecular formula is C11H16BrN3O2. The average Bonchev–Trinajstić information content (AvgIpc) is 2.30. The molecule has 1 heterocycles. The Labute approximate surface area is 109 Å². The fraction of sp³-hybridized carbons (Fsp3) is 0.455. The molecular weight excluding hydrogens is 286 g/mol. The van der Waals surface area contributed by atoms with E-state index >= 15 is 0 Å². The van der Waals surface area contributed by atoms with Crippen LogP contribution in [0.15, 0.2) is 16.9 Å². The molecule has 0 aliphatic rings. The number of carbonyl (C=O) groups is 1. The van der Waals surface area contributed by atoms with E-state index in [1.807, 2.05) is 25.8 Å². The molecule has 94 valence electrons. The molecule has 0 saturated heterocycles. The monoisotopic (exact) mass is 301 g/mol. The zero-order valence-corrected chi connectivity index (χ0v) is 11.7. The molecule has 1 rings (SSSR count). The number of rotatable bonds is 5. The molecule has 0 unspecified atom stereocenters. The van der Waals surface area contributed by atoms with Gasteiger partial charge in [0, 0.05) is 7.05 Å². The molecule has 2 N–H and O–H groups in total. The van der Waals surface area contributed by atoms with Gasteiger partial charge in [-0.15, -0.1) is 0 Å². The van der Waals surface area contributed by atoms with E-state index in [1.54, 1.807) is 12.3 Å². The maximum absolute atomic E-state index is 10.5. The van der Waals surface area contributed by atoms with E-state index in [1.165, 1.54) is 0 Å². The summed E-state index contributed by atoms with van der Waals surface area (Å²) in [5.41, 5.74) is 0.963. The molecule has 0 spiro atoms. The second-order valence-electron chi connectivity index (χ2n) is 4.32. The van der Waals surface area contributed by atoms with Crippen molar-refractivity contribution in [2.24, 2.45) is 0 Å². The molecule has 0 aliphatic carbocycles. The van der Waals surface area contributed by atoms with E-state index in [-0.39, 0.29) is 6.61 Å². The first kappa shape index (κ1) is 13.9. The molecule has 17 heavy (non-hydrogen) atoms. The summed E-state index contributed by atoms with van der Waals surface area (Å²) in [6.07, 6.45) is 2.17. The first-order valence-corrected chi connectivity index (χ1v) is 5.92. The molecule has 5 nitrogen and oxygen atoms in total. The van der Waals surface area contributed by atoms with Crippen LogP contribution < -0.4 is 10.2 Å². The van der Waals surface area contributed by atoms with Crippen LogP contribution in [0.1, 0.15) is 13.8 Å². The number of aliphatic hydroxyl groups excluding tert-OH is 1. The maximum atomic E-state index is 10.5. The number of carbonyl (C=O) groups excluding carboxylic acids is 1. The topological polar surface area (TPSA) is 65.5 Å². The van der Waals surface area contributed by atoms with Crippen molar-refractivity contribution >= 4 is 33.7 Å². The summed E-state index contributed by atoms with van der Waals surface area (Å²) >= 11 is 3.29. The SMILES string of the molecule is CN(c1cc(Br)ncc1NC=O)C(C)(C)CO. The summed E-state index contributed by atoms with van der Waals surface area (Å²) in [6.45, 7) is 3.82. The van der Waals surface area contributed by atoms with E-state index in [9.17, 15) is 9.90 Å². The minimum Gasteiger partial charge on any atom is -0.394 e. The Morgan fingerprint density at radius 2 is 2.29 bits per heavy atom. The minimum atomic E-state index is -0.430. The predicted molar refractivity (Wildman–Crippen MR) is 71.2 cm³/mol. The van der Waals surface area contributed by atoms with Crippen LogP contribution >= 0.6 is 15.9 Å². The third-order valence-electron chi connectivity index (χ3n) is 2.72. The lowest BCUT2D eigenvalue weighted by Crippen LogP contribution is -2.44. The third-order valence-corrected chi connectivity index (χ3v) is 3.15. The van der Waals surface area contributed by atoms with Gasteiger partial charge in [-0.2, -0.15) is 0 Å². The van der Waals surface area contributed by atoms with E-state index in [0.717, 1.165) is 5.69 Å². The van der Waals surface area contributed by atoms with Gasteiger partial charge in [-0.05, 0) is 35.8 Å². The quantitative estimate of drug-likeness (QED) is 0.641. The smallest absolute Gasteiger partial charge is 0.211 e.